The minimum Gasteiger partial charge on any atom is -0.345 e. The first-order chi connectivity index (χ1) is 10.9. The molecule has 1 aromatic heterocycles. The first-order valence-electron chi connectivity index (χ1n) is 6.75. The Balaban J connectivity index is 2.26. The fraction of sp³-hybridized carbons (Fsp3) is 0.188. The number of carbonyl (C=O) groups excluding carboxylic acids is 2. The number of anilines is 1. The molecule has 0 saturated carbocycles. The van der Waals surface area contributed by atoms with Gasteiger partial charge in [0.05, 0.1) is 15.7 Å². The quantitative estimate of drug-likeness (QED) is 0.859. The van der Waals surface area contributed by atoms with Crippen LogP contribution >= 0.6 is 23.4 Å². The number of hydrogen-bond donors (Lipinski definition) is 1. The molecule has 0 saturated heterocycles. The fourth-order valence-electron chi connectivity index (χ4n) is 1.87. The summed E-state index contributed by atoms with van der Waals surface area (Å²) >= 11 is 7.57. The molecule has 1 N–H and O–H groups in total. The van der Waals surface area contributed by atoms with Crippen molar-refractivity contribution in [2.45, 2.75) is 5.03 Å². The zero-order valence-electron chi connectivity index (χ0n) is 13.0. The van der Waals surface area contributed by atoms with Crippen molar-refractivity contribution in [3.63, 3.8) is 0 Å². The lowest BCUT2D eigenvalue weighted by molar-refractivity contribution is 0.0827. The maximum atomic E-state index is 12.3. The standard InChI is InChI=1S/C16H16ClN3O2S/c1-20(2)16(22)11-4-5-12(17)13(8-11)19-15(21)10-6-7-18-14(9-10)23-3/h4-9H,1-3H3,(H,19,21). The zero-order chi connectivity index (χ0) is 17.0. The summed E-state index contributed by atoms with van der Waals surface area (Å²) in [7, 11) is 3.33. The van der Waals surface area contributed by atoms with Gasteiger partial charge in [0, 0.05) is 31.4 Å². The molecule has 0 radical (unpaired) electrons. The van der Waals surface area contributed by atoms with Gasteiger partial charge >= 0.3 is 0 Å². The lowest BCUT2D eigenvalue weighted by atomic mass is 10.1. The highest BCUT2D eigenvalue weighted by atomic mass is 35.5. The van der Waals surface area contributed by atoms with E-state index in [1.54, 1.807) is 50.6 Å². The zero-order valence-corrected chi connectivity index (χ0v) is 14.5. The van der Waals surface area contributed by atoms with E-state index in [2.05, 4.69) is 10.3 Å². The highest BCUT2D eigenvalue weighted by molar-refractivity contribution is 7.98. The van der Waals surface area contributed by atoms with Crippen molar-refractivity contribution in [1.29, 1.82) is 0 Å². The molecule has 23 heavy (non-hydrogen) atoms. The van der Waals surface area contributed by atoms with Crippen LogP contribution in [-0.4, -0.2) is 42.0 Å². The maximum Gasteiger partial charge on any atom is 0.255 e. The minimum atomic E-state index is -0.306. The van der Waals surface area contributed by atoms with Crippen LogP contribution in [0.1, 0.15) is 20.7 Å². The van der Waals surface area contributed by atoms with E-state index >= 15 is 0 Å². The van der Waals surface area contributed by atoms with Crippen LogP contribution in [0.15, 0.2) is 41.6 Å². The van der Waals surface area contributed by atoms with Crippen LogP contribution in [-0.2, 0) is 0 Å². The Bertz CT molecular complexity index is 750. The van der Waals surface area contributed by atoms with Gasteiger partial charge in [0.2, 0.25) is 0 Å². The molecule has 0 atom stereocenters. The lowest BCUT2D eigenvalue weighted by Gasteiger charge is -2.13. The molecule has 1 heterocycles. The number of hydrogen-bond acceptors (Lipinski definition) is 4. The van der Waals surface area contributed by atoms with Gasteiger partial charge in [0.1, 0.15) is 0 Å². The van der Waals surface area contributed by atoms with E-state index in [9.17, 15) is 9.59 Å². The van der Waals surface area contributed by atoms with Crippen LogP contribution in [0.5, 0.6) is 0 Å². The molecule has 0 aliphatic rings. The molecule has 2 aromatic rings. The molecular weight excluding hydrogens is 334 g/mol. The van der Waals surface area contributed by atoms with E-state index in [-0.39, 0.29) is 11.8 Å². The summed E-state index contributed by atoms with van der Waals surface area (Å²) in [6.07, 6.45) is 3.46. The summed E-state index contributed by atoms with van der Waals surface area (Å²) in [4.78, 5) is 29.9. The van der Waals surface area contributed by atoms with E-state index in [0.29, 0.717) is 21.8 Å². The van der Waals surface area contributed by atoms with E-state index in [0.717, 1.165) is 5.03 Å². The van der Waals surface area contributed by atoms with Crippen LogP contribution in [0.3, 0.4) is 0 Å². The first kappa shape index (κ1) is 17.3. The van der Waals surface area contributed by atoms with Gasteiger partial charge in [-0.25, -0.2) is 4.98 Å². The van der Waals surface area contributed by atoms with E-state index in [1.807, 2.05) is 6.26 Å². The second-order valence-electron chi connectivity index (χ2n) is 4.94. The maximum absolute atomic E-state index is 12.3. The van der Waals surface area contributed by atoms with Crippen molar-refractivity contribution in [1.82, 2.24) is 9.88 Å². The highest BCUT2D eigenvalue weighted by Crippen LogP contribution is 2.24. The van der Waals surface area contributed by atoms with Crippen LogP contribution in [0.2, 0.25) is 5.02 Å². The van der Waals surface area contributed by atoms with Gasteiger partial charge in [-0.15, -0.1) is 11.8 Å². The molecule has 0 unspecified atom stereocenters. The molecule has 0 aliphatic heterocycles. The number of thioether (sulfide) groups is 1. The fourth-order valence-corrected chi connectivity index (χ4v) is 2.44. The number of nitrogens with zero attached hydrogens (tertiary/aromatic N) is 2. The van der Waals surface area contributed by atoms with Crippen LogP contribution in [0, 0.1) is 0 Å². The predicted molar refractivity (Wildman–Crippen MR) is 93.4 cm³/mol. The normalized spacial score (nSPS) is 10.3. The van der Waals surface area contributed by atoms with E-state index in [4.69, 9.17) is 11.6 Å². The molecule has 120 valence electrons. The van der Waals surface area contributed by atoms with Crippen molar-refractivity contribution >= 4 is 40.9 Å². The van der Waals surface area contributed by atoms with Gasteiger partial charge in [-0.1, -0.05) is 11.6 Å². The average molecular weight is 350 g/mol. The van der Waals surface area contributed by atoms with Crippen molar-refractivity contribution in [2.75, 3.05) is 25.7 Å². The van der Waals surface area contributed by atoms with E-state index < -0.39 is 0 Å². The molecule has 0 fully saturated rings. The average Bonchev–Trinajstić information content (AvgIpc) is 2.56. The van der Waals surface area contributed by atoms with Crippen LogP contribution in [0.25, 0.3) is 0 Å². The Morgan fingerprint density at radius 2 is 1.91 bits per heavy atom. The van der Waals surface area contributed by atoms with Gasteiger partial charge in [-0.2, -0.15) is 0 Å². The van der Waals surface area contributed by atoms with Crippen molar-refractivity contribution < 1.29 is 9.59 Å². The number of rotatable bonds is 4. The van der Waals surface area contributed by atoms with Gasteiger partial charge in [0.25, 0.3) is 11.8 Å². The molecule has 0 spiro atoms. The molecule has 2 amide bonds. The highest BCUT2D eigenvalue weighted by Gasteiger charge is 2.13. The molecule has 5 nitrogen and oxygen atoms in total. The predicted octanol–water partition coefficient (Wildman–Crippen LogP) is 3.41. The summed E-state index contributed by atoms with van der Waals surface area (Å²) in [5.74, 6) is -0.468. The topological polar surface area (TPSA) is 62.3 Å². The second kappa shape index (κ2) is 7.48. The Morgan fingerprint density at radius 3 is 2.57 bits per heavy atom. The number of amides is 2. The monoisotopic (exact) mass is 349 g/mol. The third kappa shape index (κ3) is 4.24. The van der Waals surface area contributed by atoms with Crippen LogP contribution < -0.4 is 5.32 Å². The summed E-state index contributed by atoms with van der Waals surface area (Å²) in [6.45, 7) is 0. The molecule has 7 heteroatoms. The summed E-state index contributed by atoms with van der Waals surface area (Å²) in [5, 5.41) is 3.85. The Morgan fingerprint density at radius 1 is 1.17 bits per heavy atom. The summed E-state index contributed by atoms with van der Waals surface area (Å²) in [6, 6.07) is 8.10. The molecule has 0 bridgehead atoms. The third-order valence-corrected chi connectivity index (χ3v) is 4.04. The third-order valence-electron chi connectivity index (χ3n) is 3.07. The number of nitrogens with one attached hydrogen (secondary N) is 1. The summed E-state index contributed by atoms with van der Waals surface area (Å²) < 4.78 is 0. The lowest BCUT2D eigenvalue weighted by Crippen LogP contribution is -2.22. The van der Waals surface area contributed by atoms with Gasteiger partial charge < -0.3 is 10.2 Å². The number of benzene rings is 1. The first-order valence-corrected chi connectivity index (χ1v) is 8.35. The van der Waals surface area contributed by atoms with Gasteiger partial charge in [-0.05, 0) is 36.6 Å². The molecular formula is C16H16ClN3O2S. The Hall–Kier alpha value is -2.05. The Labute approximate surface area is 144 Å². The van der Waals surface area contributed by atoms with Crippen molar-refractivity contribution in [2.24, 2.45) is 0 Å². The smallest absolute Gasteiger partial charge is 0.255 e. The van der Waals surface area contributed by atoms with Gasteiger partial charge in [0.15, 0.2) is 0 Å². The van der Waals surface area contributed by atoms with Crippen molar-refractivity contribution in [3.8, 4) is 0 Å². The number of aromatic nitrogens is 1. The molecule has 0 aliphatic carbocycles. The van der Waals surface area contributed by atoms with Crippen LogP contribution in [0.4, 0.5) is 5.69 Å². The SMILES string of the molecule is CSc1cc(C(=O)Nc2cc(C(=O)N(C)C)ccc2Cl)ccn1. The largest absolute Gasteiger partial charge is 0.345 e. The van der Waals surface area contributed by atoms with Crippen molar-refractivity contribution in [3.05, 3.63) is 52.7 Å². The minimum absolute atomic E-state index is 0.161. The number of carbonyl (C=O) groups is 2. The number of halogens is 1. The van der Waals surface area contributed by atoms with E-state index in [1.165, 1.54) is 16.7 Å². The Kier molecular flexibility index (Phi) is 5.63. The second-order valence-corrected chi connectivity index (χ2v) is 6.17. The number of pyridine rings is 1. The molecule has 1 aromatic carbocycles. The van der Waals surface area contributed by atoms with Gasteiger partial charge in [-0.3, -0.25) is 9.59 Å². The summed E-state index contributed by atoms with van der Waals surface area (Å²) in [5.41, 5.74) is 1.32. The molecule has 2 rings (SSSR count).